The SMILES string of the molecule is COc1ncnc2c1nc(SCC(=O)O)n2C1CC1C. The zero-order chi connectivity index (χ0) is 14.3. The molecule has 0 radical (unpaired) electrons. The molecular weight excluding hydrogens is 280 g/mol. The smallest absolute Gasteiger partial charge is 0.313 e. The number of aliphatic carboxylic acids is 1. The second-order valence-corrected chi connectivity index (χ2v) is 5.72. The molecule has 0 spiro atoms. The first kappa shape index (κ1) is 13.2. The second-order valence-electron chi connectivity index (χ2n) is 4.78. The third-order valence-electron chi connectivity index (χ3n) is 3.33. The number of carbonyl (C=O) groups is 1. The molecule has 2 aromatic heterocycles. The van der Waals surface area contributed by atoms with E-state index in [-0.39, 0.29) is 5.75 Å². The van der Waals surface area contributed by atoms with Gasteiger partial charge in [0.25, 0.3) is 0 Å². The lowest BCUT2D eigenvalue weighted by Crippen LogP contribution is -2.03. The lowest BCUT2D eigenvalue weighted by Gasteiger charge is -2.06. The third-order valence-corrected chi connectivity index (χ3v) is 4.27. The Kier molecular flexibility index (Phi) is 3.25. The molecule has 1 N–H and O–H groups in total. The summed E-state index contributed by atoms with van der Waals surface area (Å²) in [6, 6.07) is 0.330. The Morgan fingerprint density at radius 1 is 1.60 bits per heavy atom. The average Bonchev–Trinajstić information content (AvgIpc) is 3.01. The molecule has 1 saturated carbocycles. The van der Waals surface area contributed by atoms with Gasteiger partial charge in [-0.15, -0.1) is 0 Å². The molecule has 106 valence electrons. The monoisotopic (exact) mass is 294 g/mol. The van der Waals surface area contributed by atoms with Crippen molar-refractivity contribution < 1.29 is 14.6 Å². The van der Waals surface area contributed by atoms with Crippen molar-refractivity contribution in [2.75, 3.05) is 12.9 Å². The fourth-order valence-electron chi connectivity index (χ4n) is 2.21. The van der Waals surface area contributed by atoms with E-state index in [0.29, 0.717) is 34.2 Å². The van der Waals surface area contributed by atoms with E-state index in [2.05, 4.69) is 21.9 Å². The van der Waals surface area contributed by atoms with E-state index in [1.54, 1.807) is 0 Å². The summed E-state index contributed by atoms with van der Waals surface area (Å²) in [5.74, 6) is 0.0763. The molecule has 8 heteroatoms. The van der Waals surface area contributed by atoms with Gasteiger partial charge in [0.15, 0.2) is 16.3 Å². The number of carboxylic acids is 1. The molecule has 7 nitrogen and oxygen atoms in total. The van der Waals surface area contributed by atoms with Crippen LogP contribution in [0, 0.1) is 5.92 Å². The maximum Gasteiger partial charge on any atom is 0.313 e. The number of ether oxygens (including phenoxy) is 1. The number of hydrogen-bond acceptors (Lipinski definition) is 6. The number of thioether (sulfide) groups is 1. The molecule has 1 fully saturated rings. The number of methoxy groups -OCH3 is 1. The highest BCUT2D eigenvalue weighted by Crippen LogP contribution is 2.46. The van der Waals surface area contributed by atoms with Gasteiger partial charge >= 0.3 is 5.97 Å². The number of nitrogens with zero attached hydrogens (tertiary/aromatic N) is 4. The first-order valence-corrected chi connectivity index (χ1v) is 7.22. The van der Waals surface area contributed by atoms with Crippen molar-refractivity contribution in [2.24, 2.45) is 5.92 Å². The fourth-order valence-corrected chi connectivity index (χ4v) is 2.98. The van der Waals surface area contributed by atoms with Crippen molar-refractivity contribution in [3.8, 4) is 5.88 Å². The van der Waals surface area contributed by atoms with Gasteiger partial charge in [0.05, 0.1) is 12.9 Å². The van der Waals surface area contributed by atoms with E-state index in [4.69, 9.17) is 9.84 Å². The molecule has 2 atom stereocenters. The maximum atomic E-state index is 10.8. The van der Waals surface area contributed by atoms with Crippen LogP contribution in [-0.2, 0) is 4.79 Å². The lowest BCUT2D eigenvalue weighted by atomic mass is 10.4. The van der Waals surface area contributed by atoms with Crippen LogP contribution in [0.15, 0.2) is 11.5 Å². The van der Waals surface area contributed by atoms with Crippen LogP contribution in [0.1, 0.15) is 19.4 Å². The predicted octanol–water partition coefficient (Wildman–Crippen LogP) is 1.59. The molecule has 2 unspecified atom stereocenters. The van der Waals surface area contributed by atoms with Gasteiger partial charge in [0.2, 0.25) is 5.88 Å². The summed E-state index contributed by atoms with van der Waals surface area (Å²) in [4.78, 5) is 23.5. The Labute approximate surface area is 119 Å². The molecule has 20 heavy (non-hydrogen) atoms. The van der Waals surface area contributed by atoms with Gasteiger partial charge in [-0.1, -0.05) is 18.7 Å². The summed E-state index contributed by atoms with van der Waals surface area (Å²) in [6.45, 7) is 2.15. The molecular formula is C12H14N4O3S. The quantitative estimate of drug-likeness (QED) is 0.837. The fraction of sp³-hybridized carbons (Fsp3) is 0.500. The summed E-state index contributed by atoms with van der Waals surface area (Å²) >= 11 is 1.20. The molecule has 0 aliphatic heterocycles. The average molecular weight is 294 g/mol. The normalized spacial score (nSPS) is 21.1. The first-order valence-electron chi connectivity index (χ1n) is 6.23. The molecule has 1 aliphatic rings. The summed E-state index contributed by atoms with van der Waals surface area (Å²) in [6.07, 6.45) is 2.50. The van der Waals surface area contributed by atoms with Crippen molar-refractivity contribution in [2.45, 2.75) is 24.5 Å². The zero-order valence-corrected chi connectivity index (χ0v) is 11.9. The van der Waals surface area contributed by atoms with Gasteiger partial charge in [-0.05, 0) is 12.3 Å². The van der Waals surface area contributed by atoms with Gasteiger partial charge < -0.3 is 14.4 Å². The van der Waals surface area contributed by atoms with Crippen molar-refractivity contribution in [3.63, 3.8) is 0 Å². The predicted molar refractivity (Wildman–Crippen MR) is 73.1 cm³/mol. The Morgan fingerprint density at radius 2 is 2.35 bits per heavy atom. The Bertz CT molecular complexity index is 672. The zero-order valence-electron chi connectivity index (χ0n) is 11.1. The number of imidazole rings is 1. The van der Waals surface area contributed by atoms with Crippen LogP contribution >= 0.6 is 11.8 Å². The molecule has 0 bridgehead atoms. The number of aromatic nitrogens is 4. The largest absolute Gasteiger partial charge is 0.481 e. The van der Waals surface area contributed by atoms with Gasteiger partial charge in [-0.2, -0.15) is 4.98 Å². The highest BCUT2D eigenvalue weighted by atomic mass is 32.2. The van der Waals surface area contributed by atoms with Crippen LogP contribution in [0.3, 0.4) is 0 Å². The van der Waals surface area contributed by atoms with Crippen molar-refractivity contribution in [1.82, 2.24) is 19.5 Å². The molecule has 0 saturated heterocycles. The van der Waals surface area contributed by atoms with Crippen molar-refractivity contribution >= 4 is 28.9 Å². The van der Waals surface area contributed by atoms with Crippen molar-refractivity contribution in [1.29, 1.82) is 0 Å². The number of rotatable bonds is 5. The van der Waals surface area contributed by atoms with Gasteiger partial charge in [0.1, 0.15) is 6.33 Å². The lowest BCUT2D eigenvalue weighted by molar-refractivity contribution is -0.133. The molecule has 0 aromatic carbocycles. The number of hydrogen-bond donors (Lipinski definition) is 1. The van der Waals surface area contributed by atoms with E-state index >= 15 is 0 Å². The van der Waals surface area contributed by atoms with E-state index in [0.717, 1.165) is 6.42 Å². The maximum absolute atomic E-state index is 10.8. The summed E-state index contributed by atoms with van der Waals surface area (Å²) in [5.41, 5.74) is 1.29. The van der Waals surface area contributed by atoms with Crippen LogP contribution in [0.25, 0.3) is 11.2 Å². The molecule has 2 aromatic rings. The number of carboxylic acid groups (broad SMARTS) is 1. The van der Waals surface area contributed by atoms with E-state index < -0.39 is 5.97 Å². The Balaban J connectivity index is 2.09. The van der Waals surface area contributed by atoms with Gasteiger partial charge in [-0.3, -0.25) is 4.79 Å². The van der Waals surface area contributed by atoms with E-state index in [1.807, 2.05) is 4.57 Å². The minimum atomic E-state index is -0.865. The molecule has 0 amide bonds. The highest BCUT2D eigenvalue weighted by molar-refractivity contribution is 7.99. The summed E-state index contributed by atoms with van der Waals surface area (Å²) in [5, 5.41) is 9.50. The van der Waals surface area contributed by atoms with Crippen LogP contribution in [0.5, 0.6) is 5.88 Å². The van der Waals surface area contributed by atoms with E-state index in [1.165, 1.54) is 25.2 Å². The minimum absolute atomic E-state index is 0.0276. The summed E-state index contributed by atoms with van der Waals surface area (Å²) in [7, 11) is 1.53. The third kappa shape index (κ3) is 2.20. The van der Waals surface area contributed by atoms with Crippen LogP contribution in [-0.4, -0.2) is 43.5 Å². The van der Waals surface area contributed by atoms with Gasteiger partial charge in [0, 0.05) is 6.04 Å². The Hall–Kier alpha value is -1.83. The molecule has 3 rings (SSSR count). The van der Waals surface area contributed by atoms with E-state index in [9.17, 15) is 4.79 Å². The van der Waals surface area contributed by atoms with Crippen molar-refractivity contribution in [3.05, 3.63) is 6.33 Å². The second kappa shape index (κ2) is 4.93. The molecule has 2 heterocycles. The number of fused-ring (bicyclic) bond motifs is 1. The van der Waals surface area contributed by atoms with Gasteiger partial charge in [-0.25, -0.2) is 9.97 Å². The van der Waals surface area contributed by atoms with Crippen LogP contribution in [0.2, 0.25) is 0 Å². The first-order chi connectivity index (χ1) is 9.61. The topological polar surface area (TPSA) is 90.1 Å². The van der Waals surface area contributed by atoms with Crippen LogP contribution < -0.4 is 4.74 Å². The Morgan fingerprint density at radius 3 is 2.95 bits per heavy atom. The van der Waals surface area contributed by atoms with Crippen LogP contribution in [0.4, 0.5) is 0 Å². The molecule has 1 aliphatic carbocycles. The standard InChI is InChI=1S/C12H14N4O3S/c1-6-3-7(6)16-10-9(11(19-2)14-5-13-10)15-12(16)20-4-8(17)18/h5-7H,3-4H2,1-2H3,(H,17,18). The minimum Gasteiger partial charge on any atom is -0.481 e. The highest BCUT2D eigenvalue weighted by Gasteiger charge is 2.38. The summed E-state index contributed by atoms with van der Waals surface area (Å²) < 4.78 is 7.21.